The minimum atomic E-state index is -1.13. The predicted octanol–water partition coefficient (Wildman–Crippen LogP) is 7.85. The van der Waals surface area contributed by atoms with Crippen LogP contribution in [0.5, 0.6) is 11.5 Å². The minimum absolute atomic E-state index is 0.0751. The maximum atomic E-state index is 13.4. The van der Waals surface area contributed by atoms with Gasteiger partial charge in [0.15, 0.2) is 5.60 Å². The first kappa shape index (κ1) is 25.0. The number of hydrogen-bond acceptors (Lipinski definition) is 5. The second kappa shape index (κ2) is 9.86. The smallest absolute Gasteiger partial charge is 0.340 e. The number of aryl methyl sites for hydroxylation is 1. The van der Waals surface area contributed by atoms with Crippen molar-refractivity contribution >= 4 is 17.3 Å². The fraction of sp³-hybridized carbons (Fsp3) is 0.139. The van der Waals surface area contributed by atoms with Crippen molar-refractivity contribution in [3.8, 4) is 11.5 Å². The molecule has 0 aliphatic carbocycles. The molecule has 5 heteroatoms. The third-order valence-corrected chi connectivity index (χ3v) is 8.10. The Labute approximate surface area is 240 Å². The Morgan fingerprint density at radius 1 is 0.756 bits per heavy atom. The summed E-state index contributed by atoms with van der Waals surface area (Å²) < 4.78 is 12.9. The molecular weight excluding hydrogens is 508 g/mol. The topological polar surface area (TPSA) is 50.8 Å². The second-order valence-electron chi connectivity index (χ2n) is 10.7. The van der Waals surface area contributed by atoms with Crippen LogP contribution < -0.4 is 15.0 Å². The molecule has 2 aliphatic rings. The normalized spacial score (nSPS) is 17.1. The Hall–Kier alpha value is -5.03. The average molecular weight is 539 g/mol. The van der Waals surface area contributed by atoms with E-state index in [0.29, 0.717) is 23.6 Å². The van der Waals surface area contributed by atoms with Crippen molar-refractivity contribution in [1.29, 1.82) is 0 Å². The number of ether oxygens (including phenoxy) is 2. The molecule has 5 nitrogen and oxygen atoms in total. The number of carbonyl (C=O) groups excluding carboxylic acids is 1. The van der Waals surface area contributed by atoms with Crippen molar-refractivity contribution in [2.45, 2.75) is 18.6 Å². The number of esters is 1. The molecule has 2 unspecified atom stereocenters. The van der Waals surface area contributed by atoms with Crippen molar-refractivity contribution in [3.05, 3.63) is 155 Å². The van der Waals surface area contributed by atoms with Crippen LogP contribution >= 0.6 is 0 Å². The van der Waals surface area contributed by atoms with Gasteiger partial charge < -0.3 is 19.7 Å². The van der Waals surface area contributed by atoms with Crippen LogP contribution in [-0.2, 0) is 10.3 Å². The molecule has 202 valence electrons. The molecule has 7 rings (SSSR count). The van der Waals surface area contributed by atoms with Gasteiger partial charge in [0.1, 0.15) is 11.5 Å². The SMILES string of the molecule is Cc1ccc(C(CN(C)c2ccccc2)Nc2cccc3c2C2(OC(=O)c4ccccc42)c2ccccc2O3)cc1. The van der Waals surface area contributed by atoms with Gasteiger partial charge in [0.25, 0.3) is 0 Å². The lowest BCUT2D eigenvalue weighted by molar-refractivity contribution is 0.0226. The van der Waals surface area contributed by atoms with Crippen molar-refractivity contribution < 1.29 is 14.3 Å². The van der Waals surface area contributed by atoms with Crippen molar-refractivity contribution in [3.63, 3.8) is 0 Å². The summed E-state index contributed by atoms with van der Waals surface area (Å²) in [4.78, 5) is 15.6. The largest absolute Gasteiger partial charge is 0.456 e. The molecule has 5 aromatic carbocycles. The number of fused-ring (bicyclic) bond motifs is 6. The maximum absolute atomic E-state index is 13.4. The molecule has 0 fully saturated rings. The monoisotopic (exact) mass is 538 g/mol. The standard InChI is InChI=1S/C36H30N2O3/c1-24-19-21-25(22-20-24)31(23-38(2)26-11-4-3-5-12-26)37-30-16-10-18-33-34(30)36(29-15-8-9-17-32(29)40-33)28-14-7-6-13-27(28)35(39)41-36/h3-22,31,37H,23H2,1-2H3. The van der Waals surface area contributed by atoms with Gasteiger partial charge in [-0.25, -0.2) is 4.79 Å². The Kier molecular flexibility index (Phi) is 6.01. The first-order valence-corrected chi connectivity index (χ1v) is 13.9. The second-order valence-corrected chi connectivity index (χ2v) is 10.7. The van der Waals surface area contributed by atoms with Crippen LogP contribution in [0.1, 0.15) is 44.2 Å². The number of nitrogens with one attached hydrogen (secondary N) is 1. The molecule has 0 bridgehead atoms. The summed E-state index contributed by atoms with van der Waals surface area (Å²) >= 11 is 0. The minimum Gasteiger partial charge on any atom is -0.456 e. The summed E-state index contributed by atoms with van der Waals surface area (Å²) in [5.74, 6) is 1.01. The highest BCUT2D eigenvalue weighted by Gasteiger charge is 2.54. The molecule has 0 saturated heterocycles. The zero-order valence-electron chi connectivity index (χ0n) is 23.0. The van der Waals surface area contributed by atoms with E-state index in [1.54, 1.807) is 0 Å². The fourth-order valence-electron chi connectivity index (χ4n) is 6.08. The third kappa shape index (κ3) is 4.13. The number of likely N-dealkylation sites (N-methyl/N-ethyl adjacent to an activating group) is 1. The molecule has 1 N–H and O–H groups in total. The van der Waals surface area contributed by atoms with Gasteiger partial charge in [0.2, 0.25) is 0 Å². The number of hydrogen-bond donors (Lipinski definition) is 1. The van der Waals surface area contributed by atoms with Gasteiger partial charge in [-0.2, -0.15) is 0 Å². The molecule has 2 atom stereocenters. The van der Waals surface area contributed by atoms with Crippen LogP contribution in [0, 0.1) is 6.92 Å². The van der Waals surface area contributed by atoms with E-state index in [1.165, 1.54) is 5.56 Å². The van der Waals surface area contributed by atoms with Gasteiger partial charge >= 0.3 is 5.97 Å². The van der Waals surface area contributed by atoms with Crippen LogP contribution in [-0.4, -0.2) is 19.6 Å². The van der Waals surface area contributed by atoms with E-state index < -0.39 is 5.60 Å². The summed E-state index contributed by atoms with van der Waals surface area (Å²) in [6.45, 7) is 2.80. The van der Waals surface area contributed by atoms with Gasteiger partial charge in [-0.1, -0.05) is 90.5 Å². The van der Waals surface area contributed by atoms with Gasteiger partial charge in [-0.15, -0.1) is 0 Å². The molecule has 41 heavy (non-hydrogen) atoms. The highest BCUT2D eigenvalue weighted by atomic mass is 16.6. The van der Waals surface area contributed by atoms with E-state index >= 15 is 0 Å². The molecule has 0 amide bonds. The van der Waals surface area contributed by atoms with Crippen molar-refractivity contribution in [1.82, 2.24) is 0 Å². The molecular formula is C36H30N2O3. The molecule has 5 aromatic rings. The Morgan fingerprint density at radius 2 is 1.44 bits per heavy atom. The Morgan fingerprint density at radius 3 is 2.24 bits per heavy atom. The molecule has 1 spiro atoms. The van der Waals surface area contributed by atoms with Crippen LogP contribution in [0.4, 0.5) is 11.4 Å². The Bertz CT molecular complexity index is 1750. The zero-order valence-corrected chi connectivity index (χ0v) is 23.0. The van der Waals surface area contributed by atoms with Crippen molar-refractivity contribution in [2.75, 3.05) is 23.8 Å². The third-order valence-electron chi connectivity index (χ3n) is 8.10. The highest BCUT2D eigenvalue weighted by Crippen LogP contribution is 2.58. The summed E-state index contributed by atoms with van der Waals surface area (Å²) in [5.41, 5.74) is 6.23. The van der Waals surface area contributed by atoms with Crippen LogP contribution in [0.15, 0.2) is 121 Å². The van der Waals surface area contributed by atoms with Crippen molar-refractivity contribution in [2.24, 2.45) is 0 Å². The van der Waals surface area contributed by atoms with Gasteiger partial charge in [-0.3, -0.25) is 0 Å². The molecule has 2 aliphatic heterocycles. The van der Waals surface area contributed by atoms with E-state index in [0.717, 1.165) is 33.6 Å². The average Bonchev–Trinajstić information content (AvgIpc) is 3.30. The van der Waals surface area contributed by atoms with Gasteiger partial charge in [0.05, 0.1) is 17.2 Å². The van der Waals surface area contributed by atoms with E-state index in [4.69, 9.17) is 9.47 Å². The summed E-state index contributed by atoms with van der Waals surface area (Å²) in [7, 11) is 2.11. The molecule has 0 radical (unpaired) electrons. The predicted molar refractivity (Wildman–Crippen MR) is 162 cm³/mol. The number of para-hydroxylation sites is 2. The van der Waals surface area contributed by atoms with E-state index in [9.17, 15) is 4.79 Å². The number of nitrogens with zero attached hydrogens (tertiary/aromatic N) is 1. The van der Waals surface area contributed by atoms with E-state index in [-0.39, 0.29) is 12.0 Å². The number of anilines is 2. The summed E-state index contributed by atoms with van der Waals surface area (Å²) in [5, 5.41) is 3.86. The number of benzene rings is 5. The van der Waals surface area contributed by atoms with E-state index in [1.807, 2.05) is 66.7 Å². The first-order valence-electron chi connectivity index (χ1n) is 13.9. The summed E-state index contributed by atoms with van der Waals surface area (Å²) in [6, 6.07) is 40.4. The lowest BCUT2D eigenvalue weighted by Gasteiger charge is -2.38. The number of rotatable bonds is 6. The summed E-state index contributed by atoms with van der Waals surface area (Å²) in [6.07, 6.45) is 0. The molecule has 2 heterocycles. The van der Waals surface area contributed by atoms with Crippen LogP contribution in [0.25, 0.3) is 0 Å². The first-order chi connectivity index (χ1) is 20.0. The van der Waals surface area contributed by atoms with Gasteiger partial charge in [-0.05, 0) is 48.9 Å². The van der Waals surface area contributed by atoms with Gasteiger partial charge in [0, 0.05) is 36.1 Å². The Balaban J connectivity index is 1.38. The van der Waals surface area contributed by atoms with Crippen LogP contribution in [0.3, 0.4) is 0 Å². The lowest BCUT2D eigenvalue weighted by atomic mass is 9.77. The molecule has 0 saturated carbocycles. The van der Waals surface area contributed by atoms with Crippen LogP contribution in [0.2, 0.25) is 0 Å². The quantitative estimate of drug-likeness (QED) is 0.223. The maximum Gasteiger partial charge on any atom is 0.340 e. The molecule has 0 aromatic heterocycles. The fourth-order valence-corrected chi connectivity index (χ4v) is 6.08. The zero-order chi connectivity index (χ0) is 28.0. The van der Waals surface area contributed by atoms with E-state index in [2.05, 4.69) is 78.8 Å². The number of carbonyl (C=O) groups is 1. The lowest BCUT2D eigenvalue weighted by Crippen LogP contribution is -2.35. The highest BCUT2D eigenvalue weighted by molar-refractivity contribution is 5.97.